The molecule has 0 radical (unpaired) electrons. The molecule has 0 heterocycles. The standard InChI is InChI=1S/C16H31NO/c1-18-17-16-14-12-10-8-6-4-2-3-5-7-9-11-13-15-16/h14,17H,2-13,15H2,1H3. The lowest BCUT2D eigenvalue weighted by Crippen LogP contribution is -2.11. The number of hydroxylamine groups is 1. The van der Waals surface area contributed by atoms with Crippen LogP contribution in [0.15, 0.2) is 11.8 Å². The van der Waals surface area contributed by atoms with Gasteiger partial charge in [0.1, 0.15) is 0 Å². The fraction of sp³-hybridized carbons (Fsp3) is 0.875. The Balaban J connectivity index is 2.29. The first-order chi connectivity index (χ1) is 8.93. The van der Waals surface area contributed by atoms with Gasteiger partial charge in [-0.15, -0.1) is 0 Å². The molecule has 106 valence electrons. The van der Waals surface area contributed by atoms with Gasteiger partial charge in [0.05, 0.1) is 7.11 Å². The summed E-state index contributed by atoms with van der Waals surface area (Å²) in [6.07, 6.45) is 20.1. The third-order valence-electron chi connectivity index (χ3n) is 3.77. The fourth-order valence-electron chi connectivity index (χ4n) is 2.65. The zero-order valence-electron chi connectivity index (χ0n) is 12.2. The molecule has 0 saturated carbocycles. The van der Waals surface area contributed by atoms with Crippen LogP contribution >= 0.6 is 0 Å². The van der Waals surface area contributed by atoms with Crippen molar-refractivity contribution in [2.75, 3.05) is 7.11 Å². The molecule has 0 spiro atoms. The van der Waals surface area contributed by atoms with Crippen molar-refractivity contribution in [3.8, 4) is 0 Å². The summed E-state index contributed by atoms with van der Waals surface area (Å²) in [6.45, 7) is 0. The van der Waals surface area contributed by atoms with Gasteiger partial charge in [-0.2, -0.15) is 0 Å². The lowest BCUT2D eigenvalue weighted by atomic mass is 10.1. The molecule has 1 rings (SSSR count). The van der Waals surface area contributed by atoms with Gasteiger partial charge in [-0.3, -0.25) is 10.3 Å². The molecular weight excluding hydrogens is 222 g/mol. The minimum Gasteiger partial charge on any atom is -0.280 e. The summed E-state index contributed by atoms with van der Waals surface area (Å²) in [4.78, 5) is 5.05. The first-order valence-electron chi connectivity index (χ1n) is 7.91. The van der Waals surface area contributed by atoms with Crippen molar-refractivity contribution in [1.82, 2.24) is 5.48 Å². The highest BCUT2D eigenvalue weighted by atomic mass is 16.6. The van der Waals surface area contributed by atoms with Crippen molar-refractivity contribution in [3.63, 3.8) is 0 Å². The monoisotopic (exact) mass is 253 g/mol. The summed E-state index contributed by atoms with van der Waals surface area (Å²) in [5.41, 5.74) is 4.32. The summed E-state index contributed by atoms with van der Waals surface area (Å²) in [5.74, 6) is 0. The Morgan fingerprint density at radius 1 is 0.778 bits per heavy atom. The van der Waals surface area contributed by atoms with Gasteiger partial charge >= 0.3 is 0 Å². The van der Waals surface area contributed by atoms with Crippen LogP contribution in [0.2, 0.25) is 0 Å². The Morgan fingerprint density at radius 2 is 1.28 bits per heavy atom. The van der Waals surface area contributed by atoms with Gasteiger partial charge < -0.3 is 0 Å². The lowest BCUT2D eigenvalue weighted by Gasteiger charge is -2.09. The largest absolute Gasteiger partial charge is 0.280 e. The van der Waals surface area contributed by atoms with E-state index in [9.17, 15) is 0 Å². The van der Waals surface area contributed by atoms with Crippen LogP contribution in [0.25, 0.3) is 0 Å². The third kappa shape index (κ3) is 8.57. The van der Waals surface area contributed by atoms with E-state index < -0.39 is 0 Å². The van der Waals surface area contributed by atoms with E-state index >= 15 is 0 Å². The van der Waals surface area contributed by atoms with Crippen LogP contribution in [0.3, 0.4) is 0 Å². The summed E-state index contributed by atoms with van der Waals surface area (Å²) in [7, 11) is 1.70. The first-order valence-corrected chi connectivity index (χ1v) is 7.91. The topological polar surface area (TPSA) is 21.3 Å². The molecule has 0 aliphatic heterocycles. The fourth-order valence-corrected chi connectivity index (χ4v) is 2.65. The number of hydrogen-bond acceptors (Lipinski definition) is 2. The van der Waals surface area contributed by atoms with E-state index in [0.29, 0.717) is 0 Å². The van der Waals surface area contributed by atoms with E-state index in [0.717, 1.165) is 6.42 Å². The zero-order valence-corrected chi connectivity index (χ0v) is 12.2. The third-order valence-corrected chi connectivity index (χ3v) is 3.77. The second-order valence-corrected chi connectivity index (χ2v) is 5.46. The van der Waals surface area contributed by atoms with Crippen molar-refractivity contribution in [3.05, 3.63) is 11.8 Å². The Bertz CT molecular complexity index is 213. The summed E-state index contributed by atoms with van der Waals surface area (Å²) in [5, 5.41) is 0. The molecule has 1 aliphatic rings. The number of rotatable bonds is 2. The molecule has 18 heavy (non-hydrogen) atoms. The molecule has 2 heteroatoms. The van der Waals surface area contributed by atoms with Crippen LogP contribution in [0.1, 0.15) is 83.5 Å². The molecule has 0 aromatic rings. The van der Waals surface area contributed by atoms with Crippen LogP contribution in [0.4, 0.5) is 0 Å². The summed E-state index contributed by atoms with van der Waals surface area (Å²) in [6, 6.07) is 0. The van der Waals surface area contributed by atoms with E-state index in [1.807, 2.05) is 0 Å². The van der Waals surface area contributed by atoms with Gasteiger partial charge in [-0.1, -0.05) is 63.9 Å². The summed E-state index contributed by atoms with van der Waals surface area (Å²) < 4.78 is 0. The SMILES string of the molecule is CONC1=CCCCCCCCCCCCCC1. The van der Waals surface area contributed by atoms with Crippen LogP contribution in [0.5, 0.6) is 0 Å². The molecule has 1 aliphatic carbocycles. The lowest BCUT2D eigenvalue weighted by molar-refractivity contribution is 0.114. The molecule has 0 saturated heterocycles. The van der Waals surface area contributed by atoms with Crippen molar-refractivity contribution in [2.24, 2.45) is 0 Å². The number of nitrogens with one attached hydrogen (secondary N) is 1. The molecule has 0 unspecified atom stereocenters. The van der Waals surface area contributed by atoms with E-state index in [4.69, 9.17) is 4.84 Å². The molecule has 0 atom stereocenters. The smallest absolute Gasteiger partial charge is 0.0636 e. The summed E-state index contributed by atoms with van der Waals surface area (Å²) >= 11 is 0. The molecule has 0 fully saturated rings. The highest BCUT2D eigenvalue weighted by Gasteiger charge is 1.99. The van der Waals surface area contributed by atoms with E-state index in [1.54, 1.807) is 7.11 Å². The van der Waals surface area contributed by atoms with E-state index in [1.165, 1.54) is 82.7 Å². The zero-order chi connectivity index (χ0) is 12.9. The normalized spacial score (nSPS) is 21.5. The molecule has 1 N–H and O–H groups in total. The van der Waals surface area contributed by atoms with E-state index in [2.05, 4.69) is 11.6 Å². The van der Waals surface area contributed by atoms with Crippen LogP contribution in [-0.4, -0.2) is 7.11 Å². The van der Waals surface area contributed by atoms with Crippen LogP contribution in [-0.2, 0) is 4.84 Å². The number of hydrogen-bond donors (Lipinski definition) is 1. The maximum absolute atomic E-state index is 5.05. The van der Waals surface area contributed by atoms with Crippen LogP contribution in [0, 0.1) is 0 Å². The minimum absolute atomic E-state index is 1.15. The van der Waals surface area contributed by atoms with Crippen molar-refractivity contribution in [2.45, 2.75) is 83.5 Å². The Morgan fingerprint density at radius 3 is 1.83 bits per heavy atom. The second kappa shape index (κ2) is 11.6. The maximum atomic E-state index is 5.05. The van der Waals surface area contributed by atoms with Crippen molar-refractivity contribution < 1.29 is 4.84 Å². The second-order valence-electron chi connectivity index (χ2n) is 5.46. The Labute approximate surface area is 113 Å². The average Bonchev–Trinajstić information content (AvgIpc) is 2.39. The van der Waals surface area contributed by atoms with Gasteiger partial charge in [0.2, 0.25) is 0 Å². The Kier molecular flexibility index (Phi) is 10.0. The van der Waals surface area contributed by atoms with E-state index in [-0.39, 0.29) is 0 Å². The quantitative estimate of drug-likeness (QED) is 0.691. The van der Waals surface area contributed by atoms with Crippen molar-refractivity contribution >= 4 is 0 Å². The molecule has 0 bridgehead atoms. The predicted octanol–water partition coefficient (Wildman–Crippen LogP) is 5.11. The van der Waals surface area contributed by atoms with Gasteiger partial charge in [0, 0.05) is 5.70 Å². The van der Waals surface area contributed by atoms with Gasteiger partial charge in [-0.05, 0) is 25.7 Å². The molecule has 0 amide bonds. The minimum atomic E-state index is 1.15. The van der Waals surface area contributed by atoms with Gasteiger partial charge in [-0.25, -0.2) is 0 Å². The average molecular weight is 253 g/mol. The molecular formula is C16H31NO. The predicted molar refractivity (Wildman–Crippen MR) is 78.2 cm³/mol. The molecule has 2 nitrogen and oxygen atoms in total. The van der Waals surface area contributed by atoms with Crippen molar-refractivity contribution in [1.29, 1.82) is 0 Å². The molecule has 0 aromatic carbocycles. The van der Waals surface area contributed by atoms with Crippen LogP contribution < -0.4 is 5.48 Å². The first kappa shape index (κ1) is 15.6. The highest BCUT2D eigenvalue weighted by molar-refractivity contribution is 4.97. The van der Waals surface area contributed by atoms with Gasteiger partial charge in [0.15, 0.2) is 0 Å². The maximum Gasteiger partial charge on any atom is 0.0636 e. The highest BCUT2D eigenvalue weighted by Crippen LogP contribution is 2.15. The Hall–Kier alpha value is -0.500. The molecule has 0 aromatic heterocycles. The van der Waals surface area contributed by atoms with Gasteiger partial charge in [0.25, 0.3) is 0 Å². The number of allylic oxidation sites excluding steroid dienone is 2.